The number of hydrogen-bond acceptors (Lipinski definition) is 1. The summed E-state index contributed by atoms with van der Waals surface area (Å²) in [5, 5.41) is 8.51. The number of alkyl halides is 2. The second-order valence-electron chi connectivity index (χ2n) is 2.67. The fourth-order valence-electron chi connectivity index (χ4n) is 1.05. The lowest BCUT2D eigenvalue weighted by atomic mass is 10.1. The number of halogens is 2. The van der Waals surface area contributed by atoms with E-state index in [0.717, 1.165) is 0 Å². The van der Waals surface area contributed by atoms with Crippen molar-refractivity contribution in [2.24, 2.45) is 5.41 Å². The Morgan fingerprint density at radius 3 is 2.00 bits per heavy atom. The topological polar surface area (TPSA) is 20.2 Å². The van der Waals surface area contributed by atoms with Crippen LogP contribution in [0.15, 0.2) is 0 Å². The smallest absolute Gasteiger partial charge is 0.256 e. The maximum atomic E-state index is 12.3. The Bertz CT molecular complexity index is 118. The lowest BCUT2D eigenvalue weighted by molar-refractivity contribution is 0.0351. The molecule has 0 spiro atoms. The van der Waals surface area contributed by atoms with Gasteiger partial charge in [-0.15, -0.1) is 0 Å². The summed E-state index contributed by atoms with van der Waals surface area (Å²) in [7, 11) is 0. The van der Waals surface area contributed by atoms with Crippen molar-refractivity contribution < 1.29 is 13.9 Å². The third-order valence-corrected chi connectivity index (χ3v) is 2.19. The monoisotopic (exact) mass is 136 g/mol. The zero-order valence-corrected chi connectivity index (χ0v) is 5.32. The molecule has 0 saturated heterocycles. The van der Waals surface area contributed by atoms with Crippen LogP contribution in [0.2, 0.25) is 0 Å². The van der Waals surface area contributed by atoms with Crippen molar-refractivity contribution in [3.05, 3.63) is 0 Å². The molecule has 0 heterocycles. The molecule has 1 atom stereocenters. The maximum Gasteiger partial charge on any atom is 0.256 e. The largest absolute Gasteiger partial charge is 0.396 e. The summed E-state index contributed by atoms with van der Waals surface area (Å²) < 4.78 is 24.6. The van der Waals surface area contributed by atoms with E-state index in [9.17, 15) is 8.78 Å². The highest BCUT2D eigenvalue weighted by molar-refractivity contribution is 5.08. The predicted octanol–water partition coefficient (Wildman–Crippen LogP) is 1.41. The molecule has 1 nitrogen and oxygen atoms in total. The summed E-state index contributed by atoms with van der Waals surface area (Å²) >= 11 is 0. The van der Waals surface area contributed by atoms with Crippen LogP contribution in [-0.4, -0.2) is 17.6 Å². The third-order valence-electron chi connectivity index (χ3n) is 2.19. The van der Waals surface area contributed by atoms with Gasteiger partial charge in [0.15, 0.2) is 0 Å². The van der Waals surface area contributed by atoms with E-state index in [2.05, 4.69) is 0 Å². The van der Waals surface area contributed by atoms with Crippen molar-refractivity contribution in [3.8, 4) is 0 Å². The van der Waals surface area contributed by atoms with Crippen LogP contribution in [0.4, 0.5) is 8.78 Å². The van der Waals surface area contributed by atoms with Crippen molar-refractivity contribution in [1.29, 1.82) is 0 Å². The molecule has 0 amide bonds. The van der Waals surface area contributed by atoms with Crippen molar-refractivity contribution in [2.75, 3.05) is 6.61 Å². The molecule has 3 heteroatoms. The molecule has 0 aromatic rings. The van der Waals surface area contributed by atoms with Crippen LogP contribution in [0, 0.1) is 5.41 Å². The molecule has 0 aromatic carbocycles. The van der Waals surface area contributed by atoms with Crippen molar-refractivity contribution in [1.82, 2.24) is 0 Å². The maximum absolute atomic E-state index is 12.3. The molecule has 0 unspecified atom stereocenters. The lowest BCUT2D eigenvalue weighted by Crippen LogP contribution is -2.14. The normalized spacial score (nSPS) is 38.7. The van der Waals surface area contributed by atoms with Gasteiger partial charge in [0, 0.05) is 6.42 Å². The molecule has 0 aromatic heterocycles. The molecule has 1 fully saturated rings. The van der Waals surface area contributed by atoms with Crippen LogP contribution in [0.1, 0.15) is 19.8 Å². The number of aliphatic hydroxyl groups excluding tert-OH is 1. The number of rotatable bonds is 2. The molecule has 0 aliphatic heterocycles. The van der Waals surface area contributed by atoms with Crippen LogP contribution in [0.25, 0.3) is 0 Å². The van der Waals surface area contributed by atoms with Crippen LogP contribution in [0.3, 0.4) is 0 Å². The Hall–Kier alpha value is -0.180. The summed E-state index contributed by atoms with van der Waals surface area (Å²) in [6, 6.07) is 0. The van der Waals surface area contributed by atoms with E-state index >= 15 is 0 Å². The van der Waals surface area contributed by atoms with E-state index in [-0.39, 0.29) is 13.0 Å². The van der Waals surface area contributed by atoms with Gasteiger partial charge in [0.1, 0.15) is 0 Å². The summed E-state index contributed by atoms with van der Waals surface area (Å²) in [5.41, 5.74) is -1.05. The first-order valence-electron chi connectivity index (χ1n) is 3.07. The van der Waals surface area contributed by atoms with Gasteiger partial charge in [0.2, 0.25) is 0 Å². The lowest BCUT2D eigenvalue weighted by Gasteiger charge is -2.07. The number of hydrogen-bond donors (Lipinski definition) is 1. The zero-order chi connectivity index (χ0) is 7.12. The fraction of sp³-hybridized carbons (Fsp3) is 1.00. The van der Waals surface area contributed by atoms with Crippen LogP contribution < -0.4 is 0 Å². The minimum Gasteiger partial charge on any atom is -0.396 e. The average molecular weight is 136 g/mol. The molecule has 1 aliphatic rings. The second kappa shape index (κ2) is 1.66. The predicted molar refractivity (Wildman–Crippen MR) is 29.4 cm³/mol. The fourth-order valence-corrected chi connectivity index (χ4v) is 1.05. The van der Waals surface area contributed by atoms with Crippen LogP contribution >= 0.6 is 0 Å². The van der Waals surface area contributed by atoms with Gasteiger partial charge >= 0.3 is 0 Å². The molecule has 1 rings (SSSR count). The Kier molecular flexibility index (Phi) is 1.28. The zero-order valence-electron chi connectivity index (χ0n) is 5.32. The average Bonchev–Trinajstić information content (AvgIpc) is 2.35. The van der Waals surface area contributed by atoms with E-state index < -0.39 is 11.3 Å². The quantitative estimate of drug-likeness (QED) is 0.608. The van der Waals surface area contributed by atoms with Gasteiger partial charge in [-0.2, -0.15) is 0 Å². The minimum atomic E-state index is -2.59. The first-order valence-corrected chi connectivity index (χ1v) is 3.07. The van der Waals surface area contributed by atoms with Crippen LogP contribution in [-0.2, 0) is 0 Å². The second-order valence-corrected chi connectivity index (χ2v) is 2.67. The molecule has 1 N–H and O–H groups in total. The summed E-state index contributed by atoms with van der Waals surface area (Å²) in [4.78, 5) is 0. The van der Waals surface area contributed by atoms with Crippen molar-refractivity contribution >= 4 is 0 Å². The van der Waals surface area contributed by atoms with Crippen LogP contribution in [0.5, 0.6) is 0 Å². The Morgan fingerprint density at radius 2 is 2.00 bits per heavy atom. The van der Waals surface area contributed by atoms with E-state index in [1.807, 2.05) is 0 Å². The summed E-state index contributed by atoms with van der Waals surface area (Å²) in [5.74, 6) is -2.59. The standard InChI is InChI=1S/C6H10F2O/c1-2-5(4-9)3-6(5,7)8/h9H,2-4H2,1H3/t5-/m0/s1. The molecular formula is C6H10F2O. The molecular weight excluding hydrogens is 126 g/mol. The highest BCUT2D eigenvalue weighted by Gasteiger charge is 2.69. The SMILES string of the molecule is CC[C@@]1(CO)CC1(F)F. The van der Waals surface area contributed by atoms with Gasteiger partial charge < -0.3 is 5.11 Å². The first-order chi connectivity index (χ1) is 4.08. The third kappa shape index (κ3) is 0.748. The molecule has 0 bridgehead atoms. The van der Waals surface area contributed by atoms with Gasteiger partial charge in [-0.05, 0) is 6.42 Å². The molecule has 1 aliphatic carbocycles. The molecule has 54 valence electrons. The van der Waals surface area contributed by atoms with E-state index in [4.69, 9.17) is 5.11 Å². The minimum absolute atomic E-state index is 0.132. The first kappa shape index (κ1) is 6.93. The van der Waals surface area contributed by atoms with Crippen molar-refractivity contribution in [3.63, 3.8) is 0 Å². The highest BCUT2D eigenvalue weighted by Crippen LogP contribution is 2.62. The summed E-state index contributed by atoms with van der Waals surface area (Å²) in [6.07, 6.45) is 0.240. The van der Waals surface area contributed by atoms with Crippen molar-refractivity contribution in [2.45, 2.75) is 25.7 Å². The van der Waals surface area contributed by atoms with Gasteiger partial charge in [-0.3, -0.25) is 0 Å². The Morgan fingerprint density at radius 1 is 1.56 bits per heavy atom. The summed E-state index contributed by atoms with van der Waals surface area (Å²) in [6.45, 7) is 1.30. The molecule has 1 saturated carbocycles. The van der Waals surface area contributed by atoms with E-state index in [0.29, 0.717) is 6.42 Å². The van der Waals surface area contributed by atoms with Gasteiger partial charge in [-0.25, -0.2) is 8.78 Å². The molecule has 9 heavy (non-hydrogen) atoms. The van der Waals surface area contributed by atoms with Gasteiger partial charge in [0.05, 0.1) is 12.0 Å². The Labute approximate surface area is 52.7 Å². The Balaban J connectivity index is 2.57. The van der Waals surface area contributed by atoms with E-state index in [1.54, 1.807) is 6.92 Å². The van der Waals surface area contributed by atoms with Gasteiger partial charge in [0.25, 0.3) is 5.92 Å². The van der Waals surface area contributed by atoms with Gasteiger partial charge in [-0.1, -0.05) is 6.92 Å². The number of aliphatic hydroxyl groups is 1. The molecule has 0 radical (unpaired) electrons. The van der Waals surface area contributed by atoms with E-state index in [1.165, 1.54) is 0 Å². The highest BCUT2D eigenvalue weighted by atomic mass is 19.3.